The highest BCUT2D eigenvalue weighted by atomic mass is 19.3. The fraction of sp³-hybridized carbons (Fsp3) is 0.833. The van der Waals surface area contributed by atoms with E-state index in [1.165, 1.54) is 4.90 Å². The lowest BCUT2D eigenvalue weighted by molar-refractivity contribution is -0.150. The summed E-state index contributed by atoms with van der Waals surface area (Å²) in [6.07, 6.45) is -1.52. The van der Waals surface area contributed by atoms with Gasteiger partial charge in [-0.1, -0.05) is 13.8 Å². The van der Waals surface area contributed by atoms with Gasteiger partial charge in [0.1, 0.15) is 18.7 Å². The Morgan fingerprint density at radius 3 is 2.53 bits per heavy atom. The highest BCUT2D eigenvalue weighted by Gasteiger charge is 2.38. The molecule has 0 radical (unpaired) electrons. The first-order valence-corrected chi connectivity index (χ1v) is 6.48. The number of rotatable bonds is 7. The van der Waals surface area contributed by atoms with E-state index in [1.54, 1.807) is 13.8 Å². The molecule has 1 saturated heterocycles. The van der Waals surface area contributed by atoms with E-state index in [-0.39, 0.29) is 25.0 Å². The van der Waals surface area contributed by atoms with E-state index in [2.05, 4.69) is 5.32 Å². The Kier molecular flexibility index (Phi) is 6.14. The van der Waals surface area contributed by atoms with E-state index >= 15 is 0 Å². The molecule has 0 bridgehead atoms. The normalized spacial score (nSPS) is 23.9. The van der Waals surface area contributed by atoms with Crippen molar-refractivity contribution in [2.45, 2.75) is 45.2 Å². The summed E-state index contributed by atoms with van der Waals surface area (Å²) in [7, 11) is 0. The lowest BCUT2D eigenvalue weighted by Gasteiger charge is -2.38. The van der Waals surface area contributed by atoms with Crippen LogP contribution in [-0.4, -0.2) is 55.0 Å². The van der Waals surface area contributed by atoms with Crippen molar-refractivity contribution in [3.05, 3.63) is 0 Å². The molecule has 19 heavy (non-hydrogen) atoms. The van der Waals surface area contributed by atoms with E-state index in [1.807, 2.05) is 0 Å². The minimum Gasteiger partial charge on any atom is -0.374 e. The number of hydrogen-bond donors (Lipinski definition) is 1. The van der Waals surface area contributed by atoms with Crippen LogP contribution in [0.25, 0.3) is 0 Å². The second-order valence-electron chi connectivity index (χ2n) is 4.39. The molecule has 2 unspecified atom stereocenters. The molecular weight excluding hydrogens is 258 g/mol. The predicted molar refractivity (Wildman–Crippen MR) is 64.8 cm³/mol. The second kappa shape index (κ2) is 7.37. The van der Waals surface area contributed by atoms with Gasteiger partial charge in [0.15, 0.2) is 0 Å². The van der Waals surface area contributed by atoms with Gasteiger partial charge >= 0.3 is 0 Å². The molecule has 0 saturated carbocycles. The van der Waals surface area contributed by atoms with E-state index in [4.69, 9.17) is 4.74 Å². The molecule has 1 N–H and O–H groups in total. The zero-order chi connectivity index (χ0) is 14.4. The second-order valence-corrected chi connectivity index (χ2v) is 4.39. The van der Waals surface area contributed by atoms with Crippen LogP contribution in [0.5, 0.6) is 0 Å². The first kappa shape index (κ1) is 15.8. The van der Waals surface area contributed by atoms with Gasteiger partial charge in [-0.05, 0) is 12.8 Å². The van der Waals surface area contributed by atoms with Crippen molar-refractivity contribution in [3.8, 4) is 0 Å². The van der Waals surface area contributed by atoms with Crippen LogP contribution in [0.3, 0.4) is 0 Å². The average molecular weight is 278 g/mol. The van der Waals surface area contributed by atoms with Crippen molar-refractivity contribution in [2.75, 3.05) is 19.8 Å². The molecule has 5 nitrogen and oxygen atoms in total. The van der Waals surface area contributed by atoms with E-state index in [9.17, 15) is 18.4 Å². The number of ether oxygens (including phenoxy) is 1. The van der Waals surface area contributed by atoms with Crippen LogP contribution < -0.4 is 5.32 Å². The van der Waals surface area contributed by atoms with Crippen LogP contribution in [0, 0.1) is 0 Å². The third-order valence-corrected chi connectivity index (χ3v) is 3.09. The van der Waals surface area contributed by atoms with Crippen molar-refractivity contribution < 1.29 is 23.1 Å². The summed E-state index contributed by atoms with van der Waals surface area (Å²) in [5.74, 6) is -0.364. The predicted octanol–water partition coefficient (Wildman–Crippen LogP) is 0.784. The molecule has 2 atom stereocenters. The summed E-state index contributed by atoms with van der Waals surface area (Å²) in [5.41, 5.74) is 0. The van der Waals surface area contributed by atoms with Crippen LogP contribution in [0.15, 0.2) is 0 Å². The Bertz CT molecular complexity index is 326. The van der Waals surface area contributed by atoms with Crippen LogP contribution in [0.1, 0.15) is 26.7 Å². The molecule has 0 aliphatic carbocycles. The number of nitrogens with zero attached hydrogens (tertiary/aromatic N) is 1. The number of piperazine rings is 1. The summed E-state index contributed by atoms with van der Waals surface area (Å²) in [4.78, 5) is 25.4. The summed E-state index contributed by atoms with van der Waals surface area (Å²) < 4.78 is 28.6. The monoisotopic (exact) mass is 278 g/mol. The minimum absolute atomic E-state index is 0.0102. The molecule has 1 fully saturated rings. The van der Waals surface area contributed by atoms with Crippen LogP contribution in [0.4, 0.5) is 8.78 Å². The van der Waals surface area contributed by atoms with Gasteiger partial charge in [0.2, 0.25) is 11.8 Å². The molecule has 1 rings (SSSR count). The van der Waals surface area contributed by atoms with Crippen molar-refractivity contribution >= 4 is 11.8 Å². The fourth-order valence-corrected chi connectivity index (χ4v) is 2.11. The van der Waals surface area contributed by atoms with Gasteiger partial charge in [0.25, 0.3) is 6.43 Å². The molecule has 1 aliphatic rings. The van der Waals surface area contributed by atoms with Gasteiger partial charge in [-0.2, -0.15) is 0 Å². The van der Waals surface area contributed by atoms with Crippen molar-refractivity contribution in [1.29, 1.82) is 0 Å². The van der Waals surface area contributed by atoms with Gasteiger partial charge in [0.05, 0.1) is 6.61 Å². The zero-order valence-corrected chi connectivity index (χ0v) is 11.2. The first-order valence-electron chi connectivity index (χ1n) is 6.48. The Morgan fingerprint density at radius 2 is 2.00 bits per heavy atom. The Hall–Kier alpha value is -1.24. The van der Waals surface area contributed by atoms with Gasteiger partial charge < -0.3 is 15.0 Å². The number of halogens is 2. The highest BCUT2D eigenvalue weighted by molar-refractivity contribution is 5.96. The first-order chi connectivity index (χ1) is 9.01. The third kappa shape index (κ3) is 4.12. The molecule has 1 aliphatic heterocycles. The number of carbonyl (C=O) groups excluding carboxylic acids is 2. The quantitative estimate of drug-likeness (QED) is 0.700. The summed E-state index contributed by atoms with van der Waals surface area (Å²) in [6, 6.07) is -1.06. The molecule has 1 heterocycles. The Morgan fingerprint density at radius 1 is 1.32 bits per heavy atom. The summed E-state index contributed by atoms with van der Waals surface area (Å²) in [5, 5.41) is 2.66. The van der Waals surface area contributed by atoms with E-state index < -0.39 is 25.1 Å². The van der Waals surface area contributed by atoms with Crippen molar-refractivity contribution in [3.63, 3.8) is 0 Å². The van der Waals surface area contributed by atoms with E-state index in [0.717, 1.165) is 0 Å². The maximum atomic E-state index is 12.1. The number of carbonyl (C=O) groups is 2. The lowest BCUT2D eigenvalue weighted by atomic mass is 10.0. The Balaban J connectivity index is 2.58. The maximum Gasteiger partial charge on any atom is 0.261 e. The average Bonchev–Trinajstić information content (AvgIpc) is 2.37. The SMILES string of the molecule is CCC1NC(=O)C(CC)N(CCOCC(F)F)C1=O. The number of nitrogens with one attached hydrogen (secondary N) is 1. The molecule has 2 amide bonds. The standard InChI is InChI=1S/C12H20F2N2O3/c1-3-8-12(18)16(5-6-19-7-10(13)14)9(4-2)11(17)15-8/h8-10H,3-7H2,1-2H3,(H,15,17). The smallest absolute Gasteiger partial charge is 0.261 e. The molecule has 7 heteroatoms. The molecule has 0 spiro atoms. The largest absolute Gasteiger partial charge is 0.374 e. The van der Waals surface area contributed by atoms with Crippen LogP contribution in [0.2, 0.25) is 0 Å². The summed E-state index contributed by atoms with van der Waals surface area (Å²) in [6.45, 7) is 3.13. The van der Waals surface area contributed by atoms with Gasteiger partial charge in [0, 0.05) is 6.54 Å². The maximum absolute atomic E-state index is 12.1. The molecule has 0 aromatic heterocycles. The highest BCUT2D eigenvalue weighted by Crippen LogP contribution is 2.14. The molecule has 0 aromatic carbocycles. The summed E-state index contributed by atoms with van der Waals surface area (Å²) >= 11 is 0. The minimum atomic E-state index is -2.52. The van der Waals surface area contributed by atoms with Gasteiger partial charge in [-0.3, -0.25) is 9.59 Å². The van der Waals surface area contributed by atoms with Crippen LogP contribution >= 0.6 is 0 Å². The number of amides is 2. The zero-order valence-electron chi connectivity index (χ0n) is 11.2. The van der Waals surface area contributed by atoms with Gasteiger partial charge in [-0.25, -0.2) is 8.78 Å². The number of alkyl halides is 2. The molecular formula is C12H20F2N2O3. The molecule has 110 valence electrons. The topological polar surface area (TPSA) is 58.6 Å². The number of hydrogen-bond acceptors (Lipinski definition) is 3. The third-order valence-electron chi connectivity index (χ3n) is 3.09. The lowest BCUT2D eigenvalue weighted by Crippen LogP contribution is -2.63. The van der Waals surface area contributed by atoms with Crippen molar-refractivity contribution in [1.82, 2.24) is 10.2 Å². The van der Waals surface area contributed by atoms with Crippen molar-refractivity contribution in [2.24, 2.45) is 0 Å². The van der Waals surface area contributed by atoms with E-state index in [0.29, 0.717) is 12.8 Å². The Labute approximate surface area is 111 Å². The van der Waals surface area contributed by atoms with Gasteiger partial charge in [-0.15, -0.1) is 0 Å². The van der Waals surface area contributed by atoms with Crippen LogP contribution in [-0.2, 0) is 14.3 Å². The molecule has 0 aromatic rings. The fourth-order valence-electron chi connectivity index (χ4n) is 2.11.